The third kappa shape index (κ3) is 3.65. The second kappa shape index (κ2) is 7.15. The lowest BCUT2D eigenvalue weighted by Gasteiger charge is -2.21. The molecule has 0 bridgehead atoms. The number of carbonyl (C=O) groups excluding carboxylic acids is 1. The van der Waals surface area contributed by atoms with Crippen LogP contribution in [0.1, 0.15) is 48.0 Å². The summed E-state index contributed by atoms with van der Waals surface area (Å²) in [5.74, 6) is -1.20. The SMILES string of the molecule is CC(C)C1(C)N=C(c2ncc(/C=C/c3ccccc3)cc2C(=O)O)NC1=O. The first kappa shape index (κ1) is 18.5. The maximum absolute atomic E-state index is 12.3. The van der Waals surface area contributed by atoms with E-state index in [0.29, 0.717) is 5.56 Å². The molecule has 1 unspecified atom stereocenters. The van der Waals surface area contributed by atoms with Crippen molar-refractivity contribution in [1.29, 1.82) is 0 Å². The van der Waals surface area contributed by atoms with Crippen molar-refractivity contribution >= 4 is 29.9 Å². The molecule has 138 valence electrons. The van der Waals surface area contributed by atoms with Crippen molar-refractivity contribution < 1.29 is 14.7 Å². The van der Waals surface area contributed by atoms with E-state index in [0.717, 1.165) is 5.56 Å². The molecule has 0 spiro atoms. The maximum Gasteiger partial charge on any atom is 0.338 e. The number of aromatic nitrogens is 1. The number of nitrogens with zero attached hydrogens (tertiary/aromatic N) is 2. The van der Waals surface area contributed by atoms with Crippen molar-refractivity contribution in [2.75, 3.05) is 0 Å². The summed E-state index contributed by atoms with van der Waals surface area (Å²) in [6.45, 7) is 5.53. The summed E-state index contributed by atoms with van der Waals surface area (Å²) in [7, 11) is 0. The van der Waals surface area contributed by atoms with E-state index in [9.17, 15) is 14.7 Å². The highest BCUT2D eigenvalue weighted by molar-refractivity contribution is 6.17. The fourth-order valence-corrected chi connectivity index (χ4v) is 2.73. The summed E-state index contributed by atoms with van der Waals surface area (Å²) in [6.07, 6.45) is 5.25. The zero-order valence-corrected chi connectivity index (χ0v) is 15.4. The van der Waals surface area contributed by atoms with E-state index < -0.39 is 11.5 Å². The van der Waals surface area contributed by atoms with Crippen molar-refractivity contribution in [2.45, 2.75) is 26.3 Å². The molecular weight excluding hydrogens is 342 g/mol. The summed E-state index contributed by atoms with van der Waals surface area (Å²) in [6, 6.07) is 11.2. The molecule has 2 heterocycles. The second-order valence-corrected chi connectivity index (χ2v) is 6.93. The quantitative estimate of drug-likeness (QED) is 0.853. The Bertz CT molecular complexity index is 948. The number of carbonyl (C=O) groups is 2. The molecule has 1 aliphatic rings. The number of amides is 1. The van der Waals surface area contributed by atoms with Gasteiger partial charge in [-0.3, -0.25) is 9.78 Å². The highest BCUT2D eigenvalue weighted by Crippen LogP contribution is 2.27. The Balaban J connectivity index is 1.97. The Morgan fingerprint density at radius 1 is 1.19 bits per heavy atom. The van der Waals surface area contributed by atoms with Crippen molar-refractivity contribution in [2.24, 2.45) is 10.9 Å². The number of rotatable bonds is 5. The molecular formula is C21H21N3O3. The number of hydrogen-bond donors (Lipinski definition) is 2. The van der Waals surface area contributed by atoms with Gasteiger partial charge in [0.25, 0.3) is 5.91 Å². The molecule has 0 saturated heterocycles. The van der Waals surface area contributed by atoms with Crippen LogP contribution in [0.3, 0.4) is 0 Å². The predicted octanol–water partition coefficient (Wildman–Crippen LogP) is 3.24. The summed E-state index contributed by atoms with van der Waals surface area (Å²) in [5, 5.41) is 12.3. The van der Waals surface area contributed by atoms with Gasteiger partial charge in [-0.25, -0.2) is 9.79 Å². The average Bonchev–Trinajstić information content (AvgIpc) is 2.96. The normalized spacial score (nSPS) is 19.4. The lowest BCUT2D eigenvalue weighted by molar-refractivity contribution is -0.124. The van der Waals surface area contributed by atoms with E-state index in [2.05, 4.69) is 15.3 Å². The highest BCUT2D eigenvalue weighted by atomic mass is 16.4. The smallest absolute Gasteiger partial charge is 0.338 e. The number of benzene rings is 1. The maximum atomic E-state index is 12.3. The number of carboxylic acids is 1. The number of aromatic carboxylic acids is 1. The van der Waals surface area contributed by atoms with Crippen LogP contribution in [-0.2, 0) is 4.79 Å². The van der Waals surface area contributed by atoms with Crippen LogP contribution in [0, 0.1) is 5.92 Å². The Morgan fingerprint density at radius 2 is 1.85 bits per heavy atom. The van der Waals surface area contributed by atoms with Crippen LogP contribution in [0.4, 0.5) is 0 Å². The molecule has 0 radical (unpaired) electrons. The van der Waals surface area contributed by atoms with Crippen LogP contribution in [-0.4, -0.2) is 33.3 Å². The third-order valence-electron chi connectivity index (χ3n) is 4.79. The van der Waals surface area contributed by atoms with E-state index in [1.165, 1.54) is 6.07 Å². The number of amidine groups is 1. The Labute approximate surface area is 157 Å². The summed E-state index contributed by atoms with van der Waals surface area (Å²) >= 11 is 0. The summed E-state index contributed by atoms with van der Waals surface area (Å²) in [4.78, 5) is 32.8. The van der Waals surface area contributed by atoms with Gasteiger partial charge in [0.05, 0.1) is 5.56 Å². The van der Waals surface area contributed by atoms with Crippen LogP contribution in [0.15, 0.2) is 47.6 Å². The second-order valence-electron chi connectivity index (χ2n) is 6.93. The van der Waals surface area contributed by atoms with Gasteiger partial charge < -0.3 is 10.4 Å². The standard InChI is InChI=1S/C21H21N3O3/c1-13(2)21(3)20(27)23-18(24-21)17-16(19(25)26)11-15(12-22-17)10-9-14-7-5-4-6-8-14/h4-13H,1-3H3,(H,25,26)(H,23,24,27)/b10-9+. The molecule has 1 atom stereocenters. The van der Waals surface area contributed by atoms with Crippen molar-refractivity contribution in [3.05, 3.63) is 65.0 Å². The minimum atomic E-state index is -1.12. The van der Waals surface area contributed by atoms with Crippen LogP contribution >= 0.6 is 0 Å². The first-order valence-corrected chi connectivity index (χ1v) is 8.69. The number of pyridine rings is 1. The fourth-order valence-electron chi connectivity index (χ4n) is 2.73. The van der Waals surface area contributed by atoms with Gasteiger partial charge in [-0.05, 0) is 30.0 Å². The molecule has 1 aromatic heterocycles. The van der Waals surface area contributed by atoms with Crippen LogP contribution in [0.2, 0.25) is 0 Å². The van der Waals surface area contributed by atoms with Gasteiger partial charge in [0.1, 0.15) is 11.2 Å². The molecule has 1 aliphatic heterocycles. The van der Waals surface area contributed by atoms with Gasteiger partial charge in [0, 0.05) is 6.20 Å². The van der Waals surface area contributed by atoms with Gasteiger partial charge in [-0.15, -0.1) is 0 Å². The number of nitrogens with one attached hydrogen (secondary N) is 1. The van der Waals surface area contributed by atoms with Gasteiger partial charge >= 0.3 is 5.97 Å². The molecule has 1 aromatic carbocycles. The van der Waals surface area contributed by atoms with Crippen LogP contribution in [0.25, 0.3) is 12.2 Å². The van der Waals surface area contributed by atoms with E-state index in [1.807, 2.05) is 50.3 Å². The van der Waals surface area contributed by atoms with Gasteiger partial charge in [-0.1, -0.05) is 56.3 Å². The van der Waals surface area contributed by atoms with E-state index >= 15 is 0 Å². The molecule has 0 fully saturated rings. The Kier molecular flexibility index (Phi) is 4.90. The van der Waals surface area contributed by atoms with E-state index in [4.69, 9.17) is 0 Å². The first-order chi connectivity index (χ1) is 12.8. The lowest BCUT2D eigenvalue weighted by Crippen LogP contribution is -2.41. The third-order valence-corrected chi connectivity index (χ3v) is 4.79. The Morgan fingerprint density at radius 3 is 2.44 bits per heavy atom. The minimum Gasteiger partial charge on any atom is -0.478 e. The van der Waals surface area contributed by atoms with Gasteiger partial charge in [-0.2, -0.15) is 0 Å². The van der Waals surface area contributed by atoms with Crippen molar-refractivity contribution in [3.63, 3.8) is 0 Å². The van der Waals surface area contributed by atoms with E-state index in [-0.39, 0.29) is 28.9 Å². The largest absolute Gasteiger partial charge is 0.478 e. The van der Waals surface area contributed by atoms with Crippen molar-refractivity contribution in [1.82, 2.24) is 10.3 Å². The average molecular weight is 363 g/mol. The minimum absolute atomic E-state index is 0.00253. The van der Waals surface area contributed by atoms with Crippen LogP contribution in [0.5, 0.6) is 0 Å². The zero-order chi connectivity index (χ0) is 19.6. The topological polar surface area (TPSA) is 91.7 Å². The van der Waals surface area contributed by atoms with E-state index in [1.54, 1.807) is 19.2 Å². The number of carboxylic acid groups (broad SMARTS) is 1. The molecule has 2 aromatic rings. The number of aliphatic imine (C=N–C) groups is 1. The van der Waals surface area contributed by atoms with Crippen LogP contribution < -0.4 is 5.32 Å². The molecule has 1 amide bonds. The first-order valence-electron chi connectivity index (χ1n) is 8.69. The predicted molar refractivity (Wildman–Crippen MR) is 104 cm³/mol. The summed E-state index contributed by atoms with van der Waals surface area (Å²) < 4.78 is 0. The Hall–Kier alpha value is -3.28. The number of hydrogen-bond acceptors (Lipinski definition) is 4. The molecule has 6 heteroatoms. The van der Waals surface area contributed by atoms with Gasteiger partial charge in [0.2, 0.25) is 0 Å². The van der Waals surface area contributed by atoms with Crippen molar-refractivity contribution in [3.8, 4) is 0 Å². The molecule has 0 aliphatic carbocycles. The lowest BCUT2D eigenvalue weighted by atomic mass is 9.89. The summed E-state index contributed by atoms with van der Waals surface area (Å²) in [5.41, 5.74) is 0.878. The molecule has 2 N–H and O–H groups in total. The molecule has 3 rings (SSSR count). The van der Waals surface area contributed by atoms with Gasteiger partial charge in [0.15, 0.2) is 5.84 Å². The fraction of sp³-hybridized carbons (Fsp3) is 0.238. The monoisotopic (exact) mass is 363 g/mol. The zero-order valence-electron chi connectivity index (χ0n) is 15.4. The molecule has 6 nitrogen and oxygen atoms in total. The molecule has 27 heavy (non-hydrogen) atoms. The highest BCUT2D eigenvalue weighted by Gasteiger charge is 2.43. The molecule has 0 saturated carbocycles.